The van der Waals surface area contributed by atoms with Crippen LogP contribution in [-0.4, -0.2) is 24.4 Å². The number of methoxy groups -OCH3 is 1. The van der Waals surface area contributed by atoms with E-state index in [0.29, 0.717) is 6.07 Å². The Hall–Kier alpha value is -1.69. The third-order valence-corrected chi connectivity index (χ3v) is 2.28. The van der Waals surface area contributed by atoms with Gasteiger partial charge < -0.3 is 10.1 Å². The minimum Gasteiger partial charge on any atom is -0.465 e. The molecule has 1 aromatic carbocycles. The summed E-state index contributed by atoms with van der Waals surface area (Å²) < 4.78 is 31.0. The Balaban J connectivity index is 3.13. The summed E-state index contributed by atoms with van der Waals surface area (Å²) in [6, 6.07) is 1.34. The van der Waals surface area contributed by atoms with E-state index in [-0.39, 0.29) is 5.69 Å². The van der Waals surface area contributed by atoms with Gasteiger partial charge in [-0.05, 0) is 13.0 Å². The summed E-state index contributed by atoms with van der Waals surface area (Å²) in [7, 11) is 1.06. The van der Waals surface area contributed by atoms with Gasteiger partial charge in [0, 0.05) is 6.07 Å². The number of halogens is 3. The van der Waals surface area contributed by atoms with Crippen LogP contribution in [0.15, 0.2) is 12.1 Å². The number of carbonyl (C=O) groups is 2. The average molecular weight is 278 g/mol. The molecule has 1 unspecified atom stereocenters. The standard InChI is InChI=1S/C11H10ClF2NO3/c1-5(12)10(16)15-9-3-6(11(17)18-2)7(13)4-8(9)14/h3-5H,1-2H3,(H,15,16). The van der Waals surface area contributed by atoms with E-state index in [2.05, 4.69) is 10.1 Å². The van der Waals surface area contributed by atoms with Crippen molar-refractivity contribution in [2.45, 2.75) is 12.3 Å². The molecule has 18 heavy (non-hydrogen) atoms. The molecule has 0 aromatic heterocycles. The zero-order chi connectivity index (χ0) is 13.9. The van der Waals surface area contributed by atoms with Gasteiger partial charge in [-0.3, -0.25) is 4.79 Å². The van der Waals surface area contributed by atoms with E-state index >= 15 is 0 Å². The van der Waals surface area contributed by atoms with Crippen molar-refractivity contribution in [1.29, 1.82) is 0 Å². The second kappa shape index (κ2) is 5.77. The second-order valence-corrected chi connectivity index (χ2v) is 4.06. The van der Waals surface area contributed by atoms with Crippen LogP contribution in [0.3, 0.4) is 0 Å². The molecule has 0 aliphatic heterocycles. The van der Waals surface area contributed by atoms with Gasteiger partial charge in [0.15, 0.2) is 0 Å². The Kier molecular flexibility index (Phi) is 4.61. The van der Waals surface area contributed by atoms with Crippen molar-refractivity contribution in [3.05, 3.63) is 29.3 Å². The molecule has 1 N–H and O–H groups in total. The lowest BCUT2D eigenvalue weighted by Crippen LogP contribution is -2.21. The largest absolute Gasteiger partial charge is 0.465 e. The summed E-state index contributed by atoms with van der Waals surface area (Å²) in [6.45, 7) is 1.39. The molecule has 0 saturated carbocycles. The van der Waals surface area contributed by atoms with Crippen molar-refractivity contribution in [2.75, 3.05) is 12.4 Å². The highest BCUT2D eigenvalue weighted by Crippen LogP contribution is 2.20. The number of anilines is 1. The van der Waals surface area contributed by atoms with Gasteiger partial charge in [-0.1, -0.05) is 0 Å². The fourth-order valence-corrected chi connectivity index (χ4v) is 1.20. The van der Waals surface area contributed by atoms with E-state index in [9.17, 15) is 18.4 Å². The molecule has 1 amide bonds. The van der Waals surface area contributed by atoms with E-state index in [1.165, 1.54) is 6.92 Å². The van der Waals surface area contributed by atoms with Crippen molar-refractivity contribution >= 4 is 29.2 Å². The van der Waals surface area contributed by atoms with Gasteiger partial charge in [-0.25, -0.2) is 13.6 Å². The van der Waals surface area contributed by atoms with Gasteiger partial charge in [-0.15, -0.1) is 11.6 Å². The minimum absolute atomic E-state index is 0.339. The van der Waals surface area contributed by atoms with Crippen LogP contribution in [0.25, 0.3) is 0 Å². The Morgan fingerprint density at radius 1 is 1.33 bits per heavy atom. The first kappa shape index (κ1) is 14.4. The van der Waals surface area contributed by atoms with Crippen LogP contribution >= 0.6 is 11.6 Å². The Labute approximate surface area is 107 Å². The highest BCUT2D eigenvalue weighted by Gasteiger charge is 2.18. The number of rotatable bonds is 3. The number of benzene rings is 1. The fourth-order valence-electron chi connectivity index (χ4n) is 1.14. The van der Waals surface area contributed by atoms with Crippen LogP contribution in [0.1, 0.15) is 17.3 Å². The van der Waals surface area contributed by atoms with Crippen molar-refractivity contribution < 1.29 is 23.1 Å². The maximum Gasteiger partial charge on any atom is 0.340 e. The maximum absolute atomic E-state index is 13.4. The number of amides is 1. The van der Waals surface area contributed by atoms with Gasteiger partial charge in [-0.2, -0.15) is 0 Å². The summed E-state index contributed by atoms with van der Waals surface area (Å²) in [5, 5.41) is 1.24. The van der Waals surface area contributed by atoms with Crippen molar-refractivity contribution in [3.8, 4) is 0 Å². The van der Waals surface area contributed by atoms with Crippen molar-refractivity contribution in [1.82, 2.24) is 0 Å². The number of esters is 1. The molecule has 1 rings (SSSR count). The highest BCUT2D eigenvalue weighted by molar-refractivity contribution is 6.32. The summed E-state index contributed by atoms with van der Waals surface area (Å²) in [5.74, 6) is -3.72. The predicted molar refractivity (Wildman–Crippen MR) is 61.6 cm³/mol. The molecule has 0 saturated heterocycles. The molecule has 0 fully saturated rings. The molecule has 0 aliphatic carbocycles. The third kappa shape index (κ3) is 3.16. The Morgan fingerprint density at radius 2 is 1.94 bits per heavy atom. The first-order chi connectivity index (χ1) is 8.36. The number of carbonyl (C=O) groups excluding carboxylic acids is 2. The summed E-state index contributed by atoms with van der Waals surface area (Å²) in [6.07, 6.45) is 0. The van der Waals surface area contributed by atoms with Gasteiger partial charge in [0.05, 0.1) is 18.4 Å². The van der Waals surface area contributed by atoms with Gasteiger partial charge in [0.25, 0.3) is 0 Å². The van der Waals surface area contributed by atoms with E-state index in [1.807, 2.05) is 0 Å². The van der Waals surface area contributed by atoms with Crippen LogP contribution in [0.5, 0.6) is 0 Å². The van der Waals surface area contributed by atoms with Crippen LogP contribution in [0, 0.1) is 11.6 Å². The van der Waals surface area contributed by atoms with Gasteiger partial charge in [0.2, 0.25) is 5.91 Å². The molecule has 0 heterocycles. The summed E-state index contributed by atoms with van der Waals surface area (Å²) in [5.41, 5.74) is -0.814. The molecular weight excluding hydrogens is 268 g/mol. The van der Waals surface area contributed by atoms with E-state index < -0.39 is 34.5 Å². The molecule has 0 spiro atoms. The molecule has 98 valence electrons. The topological polar surface area (TPSA) is 55.4 Å². The predicted octanol–water partition coefficient (Wildman–Crippen LogP) is 2.32. The third-order valence-electron chi connectivity index (χ3n) is 2.08. The number of ether oxygens (including phenoxy) is 1. The maximum atomic E-state index is 13.4. The number of hydrogen-bond donors (Lipinski definition) is 1. The molecule has 0 aliphatic rings. The second-order valence-electron chi connectivity index (χ2n) is 3.41. The zero-order valence-corrected chi connectivity index (χ0v) is 10.3. The van der Waals surface area contributed by atoms with E-state index in [1.54, 1.807) is 0 Å². The first-order valence-electron chi connectivity index (χ1n) is 4.89. The van der Waals surface area contributed by atoms with Gasteiger partial charge >= 0.3 is 5.97 Å². The molecular formula is C11H10ClF2NO3. The van der Waals surface area contributed by atoms with E-state index in [4.69, 9.17) is 11.6 Å². The first-order valence-corrected chi connectivity index (χ1v) is 5.32. The van der Waals surface area contributed by atoms with Crippen molar-refractivity contribution in [3.63, 3.8) is 0 Å². The average Bonchev–Trinajstić information content (AvgIpc) is 2.31. The lowest BCUT2D eigenvalue weighted by atomic mass is 10.1. The van der Waals surface area contributed by atoms with Gasteiger partial charge in [0.1, 0.15) is 17.0 Å². The number of hydrogen-bond acceptors (Lipinski definition) is 3. The van der Waals surface area contributed by atoms with Crippen molar-refractivity contribution in [2.24, 2.45) is 0 Å². The fraction of sp³-hybridized carbons (Fsp3) is 0.273. The highest BCUT2D eigenvalue weighted by atomic mass is 35.5. The van der Waals surface area contributed by atoms with Crippen LogP contribution in [0.4, 0.5) is 14.5 Å². The van der Waals surface area contributed by atoms with Crippen LogP contribution in [-0.2, 0) is 9.53 Å². The minimum atomic E-state index is -1.07. The summed E-state index contributed by atoms with van der Waals surface area (Å²) in [4.78, 5) is 22.5. The molecule has 0 bridgehead atoms. The summed E-state index contributed by atoms with van der Waals surface area (Å²) >= 11 is 5.49. The van der Waals surface area contributed by atoms with Crippen LogP contribution in [0.2, 0.25) is 0 Å². The molecule has 7 heteroatoms. The number of nitrogens with one attached hydrogen (secondary N) is 1. The lowest BCUT2D eigenvalue weighted by Gasteiger charge is -2.09. The smallest absolute Gasteiger partial charge is 0.340 e. The lowest BCUT2D eigenvalue weighted by molar-refractivity contribution is -0.115. The quantitative estimate of drug-likeness (QED) is 0.681. The molecule has 0 radical (unpaired) electrons. The Bertz CT molecular complexity index is 491. The monoisotopic (exact) mass is 277 g/mol. The number of alkyl halides is 1. The Morgan fingerprint density at radius 3 is 2.44 bits per heavy atom. The molecule has 4 nitrogen and oxygen atoms in total. The molecule has 1 atom stereocenters. The zero-order valence-electron chi connectivity index (χ0n) is 9.59. The SMILES string of the molecule is COC(=O)c1cc(NC(=O)C(C)Cl)c(F)cc1F. The van der Waals surface area contributed by atoms with E-state index in [0.717, 1.165) is 13.2 Å². The molecule has 1 aromatic rings. The normalized spacial score (nSPS) is 11.8. The van der Waals surface area contributed by atoms with Crippen LogP contribution < -0.4 is 5.32 Å².